The lowest BCUT2D eigenvalue weighted by Gasteiger charge is -2.26. The lowest BCUT2D eigenvalue weighted by Crippen LogP contribution is -2.28. The van der Waals surface area contributed by atoms with Crippen molar-refractivity contribution in [2.75, 3.05) is 5.75 Å². The number of amidine groups is 1. The molecule has 0 spiro atoms. The van der Waals surface area contributed by atoms with Crippen molar-refractivity contribution < 1.29 is 4.74 Å². The molecule has 0 aliphatic heterocycles. The van der Waals surface area contributed by atoms with Crippen LogP contribution in [-0.4, -0.2) is 17.2 Å². The quantitative estimate of drug-likeness (QED) is 0.469. The van der Waals surface area contributed by atoms with Crippen LogP contribution in [0.3, 0.4) is 0 Å². The molecule has 0 aromatic heterocycles. The Morgan fingerprint density at radius 2 is 2.06 bits per heavy atom. The maximum absolute atomic E-state index is 7.74. The van der Waals surface area contributed by atoms with Crippen molar-refractivity contribution in [1.82, 2.24) is 0 Å². The highest BCUT2D eigenvalue weighted by Crippen LogP contribution is 2.32. The second kappa shape index (κ2) is 6.14. The number of nitrogens with one attached hydrogen (secondary N) is 1. The molecule has 0 heterocycles. The third-order valence-electron chi connectivity index (χ3n) is 2.79. The van der Waals surface area contributed by atoms with Gasteiger partial charge in [0.2, 0.25) is 0 Å². The summed E-state index contributed by atoms with van der Waals surface area (Å²) in [6, 6.07) is 5.82. The van der Waals surface area contributed by atoms with E-state index in [1.54, 1.807) is 11.8 Å². The highest BCUT2D eigenvalue weighted by molar-refractivity contribution is 7.99. The zero-order valence-electron chi connectivity index (χ0n) is 11.5. The highest BCUT2D eigenvalue weighted by Gasteiger charge is 2.21. The molecule has 3 nitrogen and oxygen atoms in total. The molecule has 0 bridgehead atoms. The maximum atomic E-state index is 7.74. The largest absolute Gasteiger partial charge is 0.487 e. The Kier molecular flexibility index (Phi) is 5.08. The average Bonchev–Trinajstić information content (AvgIpc) is 2.28. The number of benzene rings is 1. The summed E-state index contributed by atoms with van der Waals surface area (Å²) in [4.78, 5) is 1.01. The Hall–Kier alpha value is -1.16. The van der Waals surface area contributed by atoms with Gasteiger partial charge in [0.05, 0.1) is 5.56 Å². The van der Waals surface area contributed by atoms with Crippen LogP contribution >= 0.6 is 11.8 Å². The topological polar surface area (TPSA) is 59.1 Å². The lowest BCUT2D eigenvalue weighted by atomic mass is 10.1. The molecule has 1 aromatic rings. The summed E-state index contributed by atoms with van der Waals surface area (Å²) in [6.45, 7) is 8.24. The minimum absolute atomic E-state index is 0.0634. The molecule has 1 rings (SSSR count). The summed E-state index contributed by atoms with van der Waals surface area (Å²) in [5.41, 5.74) is 6.16. The predicted molar refractivity (Wildman–Crippen MR) is 78.9 cm³/mol. The van der Waals surface area contributed by atoms with Crippen molar-refractivity contribution in [3.8, 4) is 5.75 Å². The van der Waals surface area contributed by atoms with Crippen LogP contribution in [0.4, 0.5) is 0 Å². The summed E-state index contributed by atoms with van der Waals surface area (Å²) < 4.78 is 6.00. The van der Waals surface area contributed by atoms with E-state index in [9.17, 15) is 0 Å². The molecule has 0 unspecified atom stereocenters. The number of nitrogens with two attached hydrogens (primary N) is 1. The minimum atomic E-state index is -0.250. The molecule has 0 saturated heterocycles. The molecule has 18 heavy (non-hydrogen) atoms. The normalized spacial score (nSPS) is 11.3. The number of rotatable bonds is 6. The minimum Gasteiger partial charge on any atom is -0.487 e. The van der Waals surface area contributed by atoms with Gasteiger partial charge >= 0.3 is 0 Å². The smallest absolute Gasteiger partial charge is 0.132 e. The van der Waals surface area contributed by atoms with E-state index < -0.39 is 0 Å². The standard InChI is InChI=1S/C14H22N2OS/c1-5-14(3,4)17-10-8-7-9-11(18-6-2)12(10)13(15)16/h7-9H,5-6H2,1-4H3,(H3,15,16). The second-order valence-electron chi connectivity index (χ2n) is 4.69. The van der Waals surface area contributed by atoms with Gasteiger partial charge in [-0.15, -0.1) is 11.8 Å². The number of hydrogen-bond donors (Lipinski definition) is 2. The van der Waals surface area contributed by atoms with E-state index in [1.165, 1.54) is 0 Å². The third-order valence-corrected chi connectivity index (χ3v) is 3.73. The molecular formula is C14H22N2OS. The molecule has 0 atom stereocenters. The second-order valence-corrected chi connectivity index (χ2v) is 6.00. The van der Waals surface area contributed by atoms with Gasteiger partial charge in [0.25, 0.3) is 0 Å². The van der Waals surface area contributed by atoms with E-state index in [2.05, 4.69) is 13.8 Å². The molecule has 0 radical (unpaired) electrons. The van der Waals surface area contributed by atoms with Crippen LogP contribution in [0.15, 0.2) is 23.1 Å². The fourth-order valence-electron chi connectivity index (χ4n) is 1.51. The molecule has 0 fully saturated rings. The van der Waals surface area contributed by atoms with Gasteiger partial charge in [-0.25, -0.2) is 0 Å². The zero-order chi connectivity index (χ0) is 13.8. The Morgan fingerprint density at radius 3 is 2.56 bits per heavy atom. The van der Waals surface area contributed by atoms with Gasteiger partial charge in [0.15, 0.2) is 0 Å². The molecular weight excluding hydrogens is 244 g/mol. The number of thioether (sulfide) groups is 1. The Bertz CT molecular complexity index is 430. The fraction of sp³-hybridized carbons (Fsp3) is 0.500. The van der Waals surface area contributed by atoms with Crippen LogP contribution in [0.1, 0.15) is 39.7 Å². The Balaban J connectivity index is 3.18. The highest BCUT2D eigenvalue weighted by atomic mass is 32.2. The van der Waals surface area contributed by atoms with Crippen molar-refractivity contribution in [2.24, 2.45) is 5.73 Å². The summed E-state index contributed by atoms with van der Waals surface area (Å²) in [7, 11) is 0. The summed E-state index contributed by atoms with van der Waals surface area (Å²) in [5, 5.41) is 7.74. The van der Waals surface area contributed by atoms with E-state index in [-0.39, 0.29) is 11.4 Å². The van der Waals surface area contributed by atoms with E-state index in [1.807, 2.05) is 32.0 Å². The van der Waals surface area contributed by atoms with Gasteiger partial charge < -0.3 is 10.5 Å². The first-order valence-corrected chi connectivity index (χ1v) is 7.19. The van der Waals surface area contributed by atoms with Crippen molar-refractivity contribution in [3.63, 3.8) is 0 Å². The van der Waals surface area contributed by atoms with Crippen LogP contribution in [0, 0.1) is 5.41 Å². The van der Waals surface area contributed by atoms with Crippen molar-refractivity contribution >= 4 is 17.6 Å². The van der Waals surface area contributed by atoms with Gasteiger partial charge in [-0.3, -0.25) is 5.41 Å². The molecule has 0 amide bonds. The van der Waals surface area contributed by atoms with Crippen LogP contribution in [-0.2, 0) is 0 Å². The van der Waals surface area contributed by atoms with E-state index in [4.69, 9.17) is 15.9 Å². The predicted octanol–water partition coefficient (Wildman–Crippen LogP) is 3.65. The molecule has 0 aliphatic carbocycles. The zero-order valence-corrected chi connectivity index (χ0v) is 12.4. The van der Waals surface area contributed by atoms with Crippen LogP contribution in [0.25, 0.3) is 0 Å². The molecule has 0 aliphatic rings. The number of hydrogen-bond acceptors (Lipinski definition) is 3. The first-order valence-electron chi connectivity index (χ1n) is 6.20. The van der Waals surface area contributed by atoms with Crippen molar-refractivity contribution in [1.29, 1.82) is 5.41 Å². The fourth-order valence-corrected chi connectivity index (χ4v) is 2.35. The SMILES string of the molecule is CCSc1cccc(OC(C)(C)CC)c1C(=N)N. The maximum Gasteiger partial charge on any atom is 0.132 e. The van der Waals surface area contributed by atoms with Crippen LogP contribution in [0.2, 0.25) is 0 Å². The lowest BCUT2D eigenvalue weighted by molar-refractivity contribution is 0.105. The van der Waals surface area contributed by atoms with Crippen molar-refractivity contribution in [2.45, 2.75) is 44.6 Å². The van der Waals surface area contributed by atoms with Crippen LogP contribution in [0.5, 0.6) is 5.75 Å². The monoisotopic (exact) mass is 266 g/mol. The third kappa shape index (κ3) is 3.67. The molecule has 0 saturated carbocycles. The van der Waals surface area contributed by atoms with E-state index in [0.29, 0.717) is 11.3 Å². The number of nitrogen functional groups attached to an aromatic ring is 1. The first kappa shape index (κ1) is 14.9. The van der Waals surface area contributed by atoms with Gasteiger partial charge in [0, 0.05) is 4.90 Å². The molecule has 1 aromatic carbocycles. The molecule has 4 heteroatoms. The Labute approximate surface area is 114 Å². The van der Waals surface area contributed by atoms with Gasteiger partial charge in [0.1, 0.15) is 17.2 Å². The van der Waals surface area contributed by atoms with Gasteiger partial charge in [-0.05, 0) is 38.2 Å². The summed E-state index contributed by atoms with van der Waals surface area (Å²) in [5.74, 6) is 1.71. The van der Waals surface area contributed by atoms with E-state index >= 15 is 0 Å². The molecule has 100 valence electrons. The summed E-state index contributed by atoms with van der Waals surface area (Å²) >= 11 is 1.68. The number of ether oxygens (including phenoxy) is 1. The van der Waals surface area contributed by atoms with E-state index in [0.717, 1.165) is 17.1 Å². The average molecular weight is 266 g/mol. The van der Waals surface area contributed by atoms with Crippen LogP contribution < -0.4 is 10.5 Å². The Morgan fingerprint density at radius 1 is 1.39 bits per heavy atom. The van der Waals surface area contributed by atoms with Gasteiger partial charge in [-0.1, -0.05) is 19.9 Å². The van der Waals surface area contributed by atoms with Crippen molar-refractivity contribution in [3.05, 3.63) is 23.8 Å². The molecule has 3 N–H and O–H groups in total. The van der Waals surface area contributed by atoms with Gasteiger partial charge in [-0.2, -0.15) is 0 Å². The summed E-state index contributed by atoms with van der Waals surface area (Å²) in [6.07, 6.45) is 0.898. The first-order chi connectivity index (χ1) is 8.41.